The van der Waals surface area contributed by atoms with Crippen LogP contribution in [-0.4, -0.2) is 49.5 Å². The van der Waals surface area contributed by atoms with Crippen LogP contribution in [0.5, 0.6) is 0 Å². The van der Waals surface area contributed by atoms with Gasteiger partial charge in [0.05, 0.1) is 41.9 Å². The molecule has 9 nitrogen and oxygen atoms in total. The van der Waals surface area contributed by atoms with Crippen molar-refractivity contribution in [1.82, 2.24) is 24.7 Å². The Balaban J connectivity index is 1.97. The monoisotopic (exact) mass is 386 g/mol. The van der Waals surface area contributed by atoms with Crippen molar-refractivity contribution >= 4 is 45.3 Å². The van der Waals surface area contributed by atoms with Gasteiger partial charge in [-0.15, -0.1) is 0 Å². The number of methoxy groups -OCH3 is 1. The molecule has 3 aromatic heterocycles. The highest BCUT2D eigenvalue weighted by Crippen LogP contribution is 2.38. The number of nitrogens with zero attached hydrogens (tertiary/aromatic N) is 4. The summed E-state index contributed by atoms with van der Waals surface area (Å²) in [6.07, 6.45) is 1.34. The molecule has 0 unspecified atom stereocenters. The fraction of sp³-hybridized carbons (Fsp3) is 0.176. The van der Waals surface area contributed by atoms with Gasteiger partial charge in [0.2, 0.25) is 0 Å². The first-order chi connectivity index (χ1) is 13.0. The van der Waals surface area contributed by atoms with Gasteiger partial charge >= 0.3 is 5.97 Å². The smallest absolute Gasteiger partial charge is 0.337 e. The third kappa shape index (κ3) is 2.68. The number of nitrogens with one attached hydrogen (secondary N) is 1. The molecular formula is C17H15ClN6O3. The third-order valence-electron chi connectivity index (χ3n) is 4.26. The zero-order valence-electron chi connectivity index (χ0n) is 14.2. The van der Waals surface area contributed by atoms with Gasteiger partial charge in [-0.25, -0.2) is 19.4 Å². The van der Waals surface area contributed by atoms with Gasteiger partial charge in [-0.05, 0) is 12.1 Å². The van der Waals surface area contributed by atoms with Crippen LogP contribution in [0.4, 0.5) is 5.82 Å². The number of halogens is 1. The van der Waals surface area contributed by atoms with Crippen LogP contribution in [0.15, 0.2) is 24.5 Å². The molecule has 3 heterocycles. The highest BCUT2D eigenvalue weighted by atomic mass is 35.5. The Morgan fingerprint density at radius 3 is 2.96 bits per heavy atom. The Hall–Kier alpha value is -3.17. The van der Waals surface area contributed by atoms with E-state index in [1.807, 2.05) is 0 Å². The zero-order chi connectivity index (χ0) is 19.1. The van der Waals surface area contributed by atoms with Crippen LogP contribution in [0.1, 0.15) is 10.4 Å². The van der Waals surface area contributed by atoms with Gasteiger partial charge in [0.1, 0.15) is 17.8 Å². The van der Waals surface area contributed by atoms with Crippen molar-refractivity contribution in [3.05, 3.63) is 35.1 Å². The van der Waals surface area contributed by atoms with Crippen molar-refractivity contribution in [2.24, 2.45) is 0 Å². The molecule has 0 spiro atoms. The number of rotatable bonds is 4. The van der Waals surface area contributed by atoms with E-state index >= 15 is 0 Å². The summed E-state index contributed by atoms with van der Waals surface area (Å²) in [6.45, 7) is 0.139. The Morgan fingerprint density at radius 1 is 1.41 bits per heavy atom. The number of anilines is 1. The molecule has 10 heteroatoms. The molecule has 0 aliphatic rings. The van der Waals surface area contributed by atoms with E-state index in [1.165, 1.54) is 13.4 Å². The molecule has 0 saturated heterocycles. The average molecular weight is 387 g/mol. The molecule has 0 saturated carbocycles. The molecule has 0 fully saturated rings. The van der Waals surface area contributed by atoms with E-state index < -0.39 is 5.97 Å². The van der Waals surface area contributed by atoms with Gasteiger partial charge in [-0.2, -0.15) is 5.10 Å². The second-order valence-corrected chi connectivity index (χ2v) is 6.20. The van der Waals surface area contributed by atoms with Crippen molar-refractivity contribution in [3.8, 4) is 11.4 Å². The van der Waals surface area contributed by atoms with Gasteiger partial charge < -0.3 is 20.6 Å². The van der Waals surface area contributed by atoms with Crippen LogP contribution in [0, 0.1) is 0 Å². The Kier molecular flexibility index (Phi) is 4.17. The average Bonchev–Trinajstić information content (AvgIpc) is 3.20. The Bertz CT molecular complexity index is 1180. The third-order valence-corrected chi connectivity index (χ3v) is 4.66. The second kappa shape index (κ2) is 6.53. The second-order valence-electron chi connectivity index (χ2n) is 5.82. The molecule has 0 radical (unpaired) electrons. The topological polar surface area (TPSA) is 132 Å². The highest BCUT2D eigenvalue weighted by Gasteiger charge is 2.22. The summed E-state index contributed by atoms with van der Waals surface area (Å²) in [5, 5.41) is 15.5. The van der Waals surface area contributed by atoms with Crippen LogP contribution in [0.25, 0.3) is 33.3 Å². The maximum atomic E-state index is 11.8. The molecule has 4 aromatic rings. The first-order valence-electron chi connectivity index (χ1n) is 8.03. The number of ether oxygens (including phenoxy) is 1. The molecule has 27 heavy (non-hydrogen) atoms. The zero-order valence-corrected chi connectivity index (χ0v) is 15.0. The number of nitrogens with two attached hydrogens (primary N) is 1. The summed E-state index contributed by atoms with van der Waals surface area (Å²) in [5.41, 5.74) is 8.58. The SMILES string of the molecule is COC(=O)c1ccc2c(Cl)c(-c3nn(CCO)c4ncnc(N)c34)[nH]c2c1. The molecule has 0 atom stereocenters. The van der Waals surface area contributed by atoms with Crippen molar-refractivity contribution < 1.29 is 14.6 Å². The molecular weight excluding hydrogens is 372 g/mol. The van der Waals surface area contributed by atoms with Gasteiger partial charge in [-0.3, -0.25) is 0 Å². The molecule has 4 N–H and O–H groups in total. The fourth-order valence-electron chi connectivity index (χ4n) is 3.03. The number of carbonyl (C=O) groups is 1. The van der Waals surface area contributed by atoms with Crippen molar-refractivity contribution in [2.45, 2.75) is 6.54 Å². The largest absolute Gasteiger partial charge is 0.465 e. The minimum absolute atomic E-state index is 0.108. The standard InChI is InChI=1S/C17H15ClN6O3/c1-27-17(26)8-2-3-9-10(6-8)22-14(12(9)18)13-11-15(19)20-7-21-16(11)24(23-13)4-5-25/h2-3,6-7,22,25H,4-5H2,1H3,(H2,19,20,21). The van der Waals surface area contributed by atoms with E-state index in [0.29, 0.717) is 38.5 Å². The van der Waals surface area contributed by atoms with Crippen LogP contribution in [0.3, 0.4) is 0 Å². The van der Waals surface area contributed by atoms with Crippen LogP contribution >= 0.6 is 11.6 Å². The predicted octanol–water partition coefficient (Wildman–Crippen LogP) is 1.99. The Morgan fingerprint density at radius 2 is 2.22 bits per heavy atom. The summed E-state index contributed by atoms with van der Waals surface area (Å²) < 4.78 is 6.30. The first kappa shape index (κ1) is 17.3. The van der Waals surface area contributed by atoms with Crippen LogP contribution in [-0.2, 0) is 11.3 Å². The predicted molar refractivity (Wildman–Crippen MR) is 100 cm³/mol. The van der Waals surface area contributed by atoms with E-state index in [0.717, 1.165) is 5.39 Å². The summed E-state index contributed by atoms with van der Waals surface area (Å²) in [4.78, 5) is 23.2. The number of aliphatic hydroxyl groups excluding tert-OH is 1. The number of benzene rings is 1. The molecule has 0 aliphatic heterocycles. The number of hydrogen-bond donors (Lipinski definition) is 3. The van der Waals surface area contributed by atoms with Gasteiger partial charge in [0, 0.05) is 10.9 Å². The number of esters is 1. The maximum Gasteiger partial charge on any atom is 0.337 e. The van der Waals surface area contributed by atoms with Crippen molar-refractivity contribution in [2.75, 3.05) is 19.5 Å². The lowest BCUT2D eigenvalue weighted by molar-refractivity contribution is 0.0601. The molecule has 4 rings (SSSR count). The number of aromatic amines is 1. The fourth-order valence-corrected chi connectivity index (χ4v) is 3.33. The van der Waals surface area contributed by atoms with E-state index in [4.69, 9.17) is 22.1 Å². The minimum atomic E-state index is -0.445. The molecule has 138 valence electrons. The summed E-state index contributed by atoms with van der Waals surface area (Å²) >= 11 is 6.57. The van der Waals surface area contributed by atoms with Crippen molar-refractivity contribution in [1.29, 1.82) is 0 Å². The molecule has 1 aromatic carbocycles. The van der Waals surface area contributed by atoms with Gasteiger partial charge in [0.25, 0.3) is 0 Å². The lowest BCUT2D eigenvalue weighted by atomic mass is 10.1. The van der Waals surface area contributed by atoms with Crippen LogP contribution < -0.4 is 5.73 Å². The normalized spacial score (nSPS) is 11.4. The minimum Gasteiger partial charge on any atom is -0.465 e. The summed E-state index contributed by atoms with van der Waals surface area (Å²) in [5.74, 6) is -0.191. The lowest BCUT2D eigenvalue weighted by Crippen LogP contribution is -2.05. The van der Waals surface area contributed by atoms with E-state index in [2.05, 4.69) is 20.1 Å². The number of carbonyl (C=O) groups excluding carboxylic acids is 1. The van der Waals surface area contributed by atoms with Crippen LogP contribution in [0.2, 0.25) is 5.02 Å². The van der Waals surface area contributed by atoms with E-state index in [1.54, 1.807) is 22.9 Å². The summed E-state index contributed by atoms with van der Waals surface area (Å²) in [7, 11) is 1.32. The van der Waals surface area contributed by atoms with E-state index in [9.17, 15) is 9.90 Å². The number of hydrogen-bond acceptors (Lipinski definition) is 7. The summed E-state index contributed by atoms with van der Waals surface area (Å²) in [6, 6.07) is 5.03. The number of fused-ring (bicyclic) bond motifs is 2. The molecule has 0 amide bonds. The first-order valence-corrected chi connectivity index (χ1v) is 8.40. The number of nitrogen functional groups attached to an aromatic ring is 1. The highest BCUT2D eigenvalue weighted by molar-refractivity contribution is 6.38. The maximum absolute atomic E-state index is 11.8. The van der Waals surface area contributed by atoms with Gasteiger partial charge in [0.15, 0.2) is 5.65 Å². The quantitative estimate of drug-likeness (QED) is 0.457. The molecule has 0 bridgehead atoms. The van der Waals surface area contributed by atoms with E-state index in [-0.39, 0.29) is 19.0 Å². The van der Waals surface area contributed by atoms with Gasteiger partial charge in [-0.1, -0.05) is 17.7 Å². The Labute approximate surface area is 157 Å². The number of H-pyrrole nitrogens is 1. The lowest BCUT2D eigenvalue weighted by Gasteiger charge is -1.98. The number of aliphatic hydroxyl groups is 1. The number of aromatic nitrogens is 5. The molecule has 0 aliphatic carbocycles. The van der Waals surface area contributed by atoms with Crippen molar-refractivity contribution in [3.63, 3.8) is 0 Å².